The molecule has 4 heteroatoms. The van der Waals surface area contributed by atoms with Gasteiger partial charge in [0.1, 0.15) is 0 Å². The molecular formula is C16H21CaClN2. The van der Waals surface area contributed by atoms with E-state index in [1.165, 1.54) is 5.56 Å². The number of pyridine rings is 1. The van der Waals surface area contributed by atoms with Gasteiger partial charge >= 0.3 is 37.7 Å². The fraction of sp³-hybridized carbons (Fsp3) is 0.312. The van der Waals surface area contributed by atoms with E-state index in [9.17, 15) is 0 Å². The Morgan fingerprint density at radius 3 is 2.35 bits per heavy atom. The van der Waals surface area contributed by atoms with Crippen molar-refractivity contribution >= 4 is 49.3 Å². The molecular weight excluding hydrogens is 296 g/mol. The molecule has 0 aliphatic heterocycles. The topological polar surface area (TPSA) is 16.1 Å². The molecule has 0 N–H and O–H groups in total. The van der Waals surface area contributed by atoms with Crippen LogP contribution in [0, 0.1) is 0 Å². The van der Waals surface area contributed by atoms with Crippen LogP contribution in [0.15, 0.2) is 48.7 Å². The first kappa shape index (κ1) is 17.9. The second kappa shape index (κ2) is 9.01. The van der Waals surface area contributed by atoms with Crippen LogP contribution in [0.5, 0.6) is 0 Å². The van der Waals surface area contributed by atoms with Gasteiger partial charge in [-0.2, -0.15) is 0 Å². The second-order valence-corrected chi connectivity index (χ2v) is 5.39. The summed E-state index contributed by atoms with van der Waals surface area (Å²) in [6.45, 7) is 1.03. The van der Waals surface area contributed by atoms with Crippen molar-refractivity contribution in [1.29, 1.82) is 0 Å². The van der Waals surface area contributed by atoms with Crippen LogP contribution < -0.4 is 0 Å². The van der Waals surface area contributed by atoms with Gasteiger partial charge in [-0.1, -0.05) is 29.8 Å². The standard InChI is InChI=1S/C16H19ClN2.Ca.2H/c1-19(2)12-10-15(16-5-3-4-11-18-16)13-6-8-14(17)9-7-13;;;/h3-9,11,15H,10,12H2,1-2H3;;;/t15-;;;/m1.../s1. The maximum atomic E-state index is 5.97. The Kier molecular flexibility index (Phi) is 8.08. The summed E-state index contributed by atoms with van der Waals surface area (Å²) in [4.78, 5) is 6.70. The number of rotatable bonds is 5. The molecule has 0 aliphatic carbocycles. The summed E-state index contributed by atoms with van der Waals surface area (Å²) in [5.41, 5.74) is 2.39. The van der Waals surface area contributed by atoms with Crippen molar-refractivity contribution in [1.82, 2.24) is 9.88 Å². The SMILES string of the molecule is CN(C)CC[C@H](c1ccc(Cl)cc1)c1ccccn1.[CaH2]. The van der Waals surface area contributed by atoms with Crippen molar-refractivity contribution in [3.63, 3.8) is 0 Å². The summed E-state index contributed by atoms with van der Waals surface area (Å²) in [7, 11) is 4.19. The molecule has 2 aromatic rings. The Morgan fingerprint density at radius 2 is 1.80 bits per heavy atom. The zero-order valence-electron chi connectivity index (χ0n) is 11.4. The fourth-order valence-corrected chi connectivity index (χ4v) is 2.28. The molecule has 0 bridgehead atoms. The molecule has 0 spiro atoms. The summed E-state index contributed by atoms with van der Waals surface area (Å²) in [5.74, 6) is 0.320. The van der Waals surface area contributed by atoms with Gasteiger partial charge in [-0.15, -0.1) is 0 Å². The first-order valence-electron chi connectivity index (χ1n) is 6.48. The van der Waals surface area contributed by atoms with Gasteiger partial charge in [-0.05, 0) is 56.9 Å². The zero-order chi connectivity index (χ0) is 13.7. The molecule has 0 radical (unpaired) electrons. The van der Waals surface area contributed by atoms with E-state index in [4.69, 9.17) is 11.6 Å². The third kappa shape index (κ3) is 5.34. The summed E-state index contributed by atoms with van der Waals surface area (Å²) in [6, 6.07) is 14.2. The van der Waals surface area contributed by atoms with E-state index in [2.05, 4.69) is 42.2 Å². The van der Waals surface area contributed by atoms with Crippen molar-refractivity contribution in [3.05, 3.63) is 64.9 Å². The Hall–Kier alpha value is -0.120. The van der Waals surface area contributed by atoms with E-state index in [-0.39, 0.29) is 37.7 Å². The predicted octanol–water partition coefficient (Wildman–Crippen LogP) is 2.90. The van der Waals surface area contributed by atoms with E-state index in [0.29, 0.717) is 5.92 Å². The van der Waals surface area contributed by atoms with Crippen LogP contribution in [0.1, 0.15) is 23.6 Å². The van der Waals surface area contributed by atoms with E-state index in [1.54, 1.807) is 0 Å². The molecule has 0 saturated carbocycles. The van der Waals surface area contributed by atoms with Crippen LogP contribution >= 0.6 is 11.6 Å². The molecule has 0 aliphatic rings. The van der Waals surface area contributed by atoms with Crippen molar-refractivity contribution in [2.45, 2.75) is 12.3 Å². The quantitative estimate of drug-likeness (QED) is 0.789. The molecule has 1 atom stereocenters. The second-order valence-electron chi connectivity index (χ2n) is 4.95. The molecule has 0 unspecified atom stereocenters. The maximum absolute atomic E-state index is 5.97. The molecule has 1 heterocycles. The Labute approximate surface area is 156 Å². The average Bonchev–Trinajstić information content (AvgIpc) is 2.42. The Bertz CT molecular complexity index is 500. The minimum atomic E-state index is 0. The van der Waals surface area contributed by atoms with Crippen molar-refractivity contribution in [2.75, 3.05) is 20.6 Å². The van der Waals surface area contributed by atoms with E-state index in [0.717, 1.165) is 23.7 Å². The van der Waals surface area contributed by atoms with Crippen molar-refractivity contribution in [3.8, 4) is 0 Å². The van der Waals surface area contributed by atoms with Gasteiger partial charge in [0.05, 0.1) is 0 Å². The Morgan fingerprint density at radius 1 is 1.10 bits per heavy atom. The number of nitrogens with zero attached hydrogens (tertiary/aromatic N) is 2. The molecule has 0 fully saturated rings. The molecule has 2 nitrogen and oxygen atoms in total. The number of halogens is 1. The van der Waals surface area contributed by atoms with Crippen LogP contribution in [-0.4, -0.2) is 68.3 Å². The number of hydrogen-bond donors (Lipinski definition) is 0. The van der Waals surface area contributed by atoms with Gasteiger partial charge in [0.15, 0.2) is 0 Å². The van der Waals surface area contributed by atoms with E-state index >= 15 is 0 Å². The first-order chi connectivity index (χ1) is 9.16. The van der Waals surface area contributed by atoms with E-state index in [1.807, 2.05) is 30.5 Å². The molecule has 104 valence electrons. The average molecular weight is 317 g/mol. The van der Waals surface area contributed by atoms with Gasteiger partial charge in [0, 0.05) is 22.8 Å². The summed E-state index contributed by atoms with van der Waals surface area (Å²) < 4.78 is 0. The van der Waals surface area contributed by atoms with Crippen LogP contribution in [-0.2, 0) is 0 Å². The zero-order valence-corrected chi connectivity index (χ0v) is 12.1. The minimum absolute atomic E-state index is 0. The third-order valence-corrected chi connectivity index (χ3v) is 3.43. The third-order valence-electron chi connectivity index (χ3n) is 3.18. The summed E-state index contributed by atoms with van der Waals surface area (Å²) in [6.07, 6.45) is 2.90. The van der Waals surface area contributed by atoms with Crippen LogP contribution in [0.2, 0.25) is 5.02 Å². The first-order valence-corrected chi connectivity index (χ1v) is 6.86. The molecule has 20 heavy (non-hydrogen) atoms. The summed E-state index contributed by atoms with van der Waals surface area (Å²) >= 11 is 5.97. The molecule has 0 amide bonds. The summed E-state index contributed by atoms with van der Waals surface area (Å²) in [5, 5.41) is 0.774. The predicted molar refractivity (Wildman–Crippen MR) is 89.2 cm³/mol. The van der Waals surface area contributed by atoms with E-state index < -0.39 is 0 Å². The number of benzene rings is 1. The van der Waals surface area contributed by atoms with Crippen LogP contribution in [0.3, 0.4) is 0 Å². The molecule has 2 rings (SSSR count). The van der Waals surface area contributed by atoms with Crippen molar-refractivity contribution in [2.24, 2.45) is 0 Å². The van der Waals surface area contributed by atoms with Gasteiger partial charge < -0.3 is 4.90 Å². The molecule has 0 saturated heterocycles. The van der Waals surface area contributed by atoms with Crippen LogP contribution in [0.4, 0.5) is 0 Å². The van der Waals surface area contributed by atoms with Gasteiger partial charge in [0.2, 0.25) is 0 Å². The number of hydrogen-bond acceptors (Lipinski definition) is 2. The fourth-order valence-electron chi connectivity index (χ4n) is 2.15. The van der Waals surface area contributed by atoms with Gasteiger partial charge in [-0.25, -0.2) is 0 Å². The molecule has 1 aromatic carbocycles. The molecule has 1 aromatic heterocycles. The van der Waals surface area contributed by atoms with Gasteiger partial charge in [-0.3, -0.25) is 4.98 Å². The monoisotopic (exact) mass is 316 g/mol. The number of aromatic nitrogens is 1. The van der Waals surface area contributed by atoms with Crippen LogP contribution in [0.25, 0.3) is 0 Å². The van der Waals surface area contributed by atoms with Gasteiger partial charge in [0.25, 0.3) is 0 Å². The van der Waals surface area contributed by atoms with Crippen molar-refractivity contribution < 1.29 is 0 Å². The normalized spacial score (nSPS) is 12.0. The Balaban J connectivity index is 0.00000200.